The molecule has 0 unspecified atom stereocenters. The number of hydrogen-bond donors (Lipinski definition) is 1. The highest BCUT2D eigenvalue weighted by atomic mass is 14.9. The molecule has 1 spiro atoms. The van der Waals surface area contributed by atoms with Crippen LogP contribution in [0.4, 0.5) is 0 Å². The molecule has 0 aromatic heterocycles. The third-order valence-electron chi connectivity index (χ3n) is 3.08. The Balaban J connectivity index is 1.93. The third-order valence-corrected chi connectivity index (χ3v) is 3.08. The van der Waals surface area contributed by atoms with Crippen molar-refractivity contribution in [3.8, 4) is 0 Å². The van der Waals surface area contributed by atoms with E-state index in [1.165, 1.54) is 46.0 Å². The maximum Gasteiger partial charge on any atom is 0.128 e. The Kier molecular flexibility index (Phi) is 1.29. The summed E-state index contributed by atoms with van der Waals surface area (Å²) in [5.74, 6) is 0. The summed E-state index contributed by atoms with van der Waals surface area (Å²) in [5.41, 5.74) is 0. The number of hydrogen-bond acceptors (Lipinski definition) is 1. The smallest absolute Gasteiger partial charge is 0.128 e. The van der Waals surface area contributed by atoms with Gasteiger partial charge in [-0.05, 0) is 25.9 Å². The summed E-state index contributed by atoms with van der Waals surface area (Å²) in [4.78, 5) is 0. The summed E-state index contributed by atoms with van der Waals surface area (Å²) in [6, 6.07) is 0. The van der Waals surface area contributed by atoms with Crippen molar-refractivity contribution in [3.63, 3.8) is 0 Å². The summed E-state index contributed by atoms with van der Waals surface area (Å²) in [5, 5.41) is 4.25. The van der Waals surface area contributed by atoms with Gasteiger partial charge in [0.25, 0.3) is 0 Å². The minimum atomic E-state index is 0.839. The number of piperidine rings is 1. The average molecular weight is 123 g/mol. The largest absolute Gasteiger partial charge is 0.317 e. The molecule has 0 bridgehead atoms. The van der Waals surface area contributed by atoms with Crippen molar-refractivity contribution in [2.75, 3.05) is 13.1 Å². The molecule has 2 rings (SSSR count). The molecule has 0 amide bonds. The predicted octanol–water partition coefficient (Wildman–Crippen LogP) is 0.787. The van der Waals surface area contributed by atoms with Crippen LogP contribution in [0, 0.1) is 0 Å². The third kappa shape index (κ3) is 0.897. The van der Waals surface area contributed by atoms with Crippen LogP contribution in [0.5, 0.6) is 0 Å². The van der Waals surface area contributed by atoms with E-state index >= 15 is 0 Å². The van der Waals surface area contributed by atoms with E-state index in [0.717, 1.165) is 5.31 Å². The van der Waals surface area contributed by atoms with Crippen LogP contribution >= 0.6 is 0 Å². The molecule has 50 valence electrons. The molecular weight excluding hydrogens is 109 g/mol. The molecule has 2 fully saturated rings. The van der Waals surface area contributed by atoms with E-state index in [2.05, 4.69) is 5.32 Å². The zero-order chi connectivity index (χ0) is 6.16. The van der Waals surface area contributed by atoms with Crippen LogP contribution in [0.3, 0.4) is 0 Å². The summed E-state index contributed by atoms with van der Waals surface area (Å²) >= 11 is 0. The second-order valence-corrected chi connectivity index (χ2v) is 3.60. The van der Waals surface area contributed by atoms with Gasteiger partial charge >= 0.3 is 0 Å². The lowest BCUT2D eigenvalue weighted by Crippen LogP contribution is -2.40. The van der Waals surface area contributed by atoms with Gasteiger partial charge in [-0.25, -0.2) is 0 Å². The molecule has 1 N–H and O–H groups in total. The van der Waals surface area contributed by atoms with Crippen molar-refractivity contribution in [2.45, 2.75) is 30.9 Å². The Bertz CT molecular complexity index is 101. The summed E-state index contributed by atoms with van der Waals surface area (Å²) in [6.45, 7) is 2.56. The van der Waals surface area contributed by atoms with Gasteiger partial charge in [0, 0.05) is 0 Å². The number of rotatable bonds is 0. The first-order chi connectivity index (χ1) is 4.41. The summed E-state index contributed by atoms with van der Waals surface area (Å²) in [7, 11) is 1.52. The van der Waals surface area contributed by atoms with Gasteiger partial charge < -0.3 is 5.32 Å². The molecule has 2 saturated heterocycles. The molecule has 2 aliphatic rings. The van der Waals surface area contributed by atoms with Crippen molar-refractivity contribution < 1.29 is 0 Å². The highest BCUT2D eigenvalue weighted by molar-refractivity contribution is 6.44. The van der Waals surface area contributed by atoms with Crippen LogP contribution in [0.2, 0.25) is 11.6 Å². The SMILES string of the molecule is B1CCC12CCNCC2. The second-order valence-electron chi connectivity index (χ2n) is 3.60. The van der Waals surface area contributed by atoms with E-state index in [1.54, 1.807) is 0 Å². The van der Waals surface area contributed by atoms with E-state index in [9.17, 15) is 0 Å². The van der Waals surface area contributed by atoms with E-state index in [-0.39, 0.29) is 0 Å². The maximum absolute atomic E-state index is 3.41. The van der Waals surface area contributed by atoms with Crippen LogP contribution in [-0.4, -0.2) is 20.4 Å². The lowest BCUT2D eigenvalue weighted by atomic mass is 9.35. The second kappa shape index (κ2) is 2.01. The Morgan fingerprint density at radius 2 is 1.78 bits per heavy atom. The average Bonchev–Trinajstić information content (AvgIpc) is 1.87. The summed E-state index contributed by atoms with van der Waals surface area (Å²) in [6.07, 6.45) is 5.93. The molecule has 2 aliphatic heterocycles. The maximum atomic E-state index is 3.41. The van der Waals surface area contributed by atoms with Crippen molar-refractivity contribution >= 4 is 7.28 Å². The zero-order valence-corrected chi connectivity index (χ0v) is 5.95. The predicted molar refractivity (Wildman–Crippen MR) is 41.4 cm³/mol. The highest BCUT2D eigenvalue weighted by Crippen LogP contribution is 2.48. The van der Waals surface area contributed by atoms with Crippen molar-refractivity contribution in [1.29, 1.82) is 0 Å². The van der Waals surface area contributed by atoms with Gasteiger partial charge in [-0.2, -0.15) is 0 Å². The van der Waals surface area contributed by atoms with Crippen LogP contribution in [-0.2, 0) is 0 Å². The van der Waals surface area contributed by atoms with Gasteiger partial charge in [0.05, 0.1) is 0 Å². The molecule has 9 heavy (non-hydrogen) atoms. The van der Waals surface area contributed by atoms with Crippen LogP contribution < -0.4 is 5.32 Å². The van der Waals surface area contributed by atoms with Crippen molar-refractivity contribution in [3.05, 3.63) is 0 Å². The van der Waals surface area contributed by atoms with Crippen LogP contribution in [0.1, 0.15) is 19.3 Å². The first-order valence-electron chi connectivity index (χ1n) is 4.12. The number of nitrogens with one attached hydrogen (secondary N) is 1. The van der Waals surface area contributed by atoms with Crippen molar-refractivity contribution in [1.82, 2.24) is 5.32 Å². The molecule has 0 aliphatic carbocycles. The van der Waals surface area contributed by atoms with Gasteiger partial charge in [-0.3, -0.25) is 0 Å². The minimum Gasteiger partial charge on any atom is -0.317 e. The molecule has 0 atom stereocenters. The van der Waals surface area contributed by atoms with Gasteiger partial charge in [-0.1, -0.05) is 18.1 Å². The fourth-order valence-corrected chi connectivity index (χ4v) is 2.13. The molecule has 0 radical (unpaired) electrons. The Morgan fingerprint density at radius 3 is 2.11 bits per heavy atom. The molecule has 0 aromatic rings. The van der Waals surface area contributed by atoms with Gasteiger partial charge in [-0.15, -0.1) is 0 Å². The normalized spacial score (nSPS) is 31.1. The van der Waals surface area contributed by atoms with Gasteiger partial charge in [0.2, 0.25) is 0 Å². The topological polar surface area (TPSA) is 12.0 Å². The minimum absolute atomic E-state index is 0.839. The van der Waals surface area contributed by atoms with Crippen LogP contribution in [0.15, 0.2) is 0 Å². The fraction of sp³-hybridized carbons (Fsp3) is 1.00. The Morgan fingerprint density at radius 1 is 1.11 bits per heavy atom. The molecule has 0 saturated carbocycles. The fourth-order valence-electron chi connectivity index (χ4n) is 2.13. The highest BCUT2D eigenvalue weighted by Gasteiger charge is 2.38. The van der Waals surface area contributed by atoms with E-state index < -0.39 is 0 Å². The first kappa shape index (κ1) is 5.78. The first-order valence-corrected chi connectivity index (χ1v) is 4.12. The van der Waals surface area contributed by atoms with Gasteiger partial charge in [0.1, 0.15) is 7.28 Å². The van der Waals surface area contributed by atoms with Gasteiger partial charge in [0.15, 0.2) is 0 Å². The molecule has 0 aromatic carbocycles. The quantitative estimate of drug-likeness (QED) is 0.469. The van der Waals surface area contributed by atoms with Crippen LogP contribution in [0.25, 0.3) is 0 Å². The van der Waals surface area contributed by atoms with E-state index in [0.29, 0.717) is 0 Å². The van der Waals surface area contributed by atoms with E-state index in [1.807, 2.05) is 0 Å². The molecule has 1 nitrogen and oxygen atoms in total. The van der Waals surface area contributed by atoms with Crippen molar-refractivity contribution in [2.24, 2.45) is 0 Å². The lowest BCUT2D eigenvalue weighted by Gasteiger charge is -2.44. The molecular formula is C7H14BN. The monoisotopic (exact) mass is 123 g/mol. The van der Waals surface area contributed by atoms with E-state index in [4.69, 9.17) is 0 Å². The Labute approximate surface area is 57.5 Å². The summed E-state index contributed by atoms with van der Waals surface area (Å²) < 4.78 is 0. The molecule has 2 heterocycles. The Hall–Kier alpha value is 0.0249. The lowest BCUT2D eigenvalue weighted by molar-refractivity contribution is 0.352. The standard InChI is InChI=1S/C7H14BN/c1-4-8-7(1)2-5-9-6-3-7/h8-9H,1-6H2. The molecule has 2 heteroatoms. The zero-order valence-electron chi connectivity index (χ0n) is 5.95.